The standard InChI is InChI=1S/C12H11F4N3S/c1-2-8(17)11-19-18-10(20-11)6-4-3-5-7(9(6)13)12(14,15)16/h3-5,8H,2,17H2,1H3. The van der Waals surface area contributed by atoms with Crippen molar-refractivity contribution in [2.24, 2.45) is 5.73 Å². The van der Waals surface area contributed by atoms with E-state index in [1.165, 1.54) is 6.07 Å². The van der Waals surface area contributed by atoms with Crippen LogP contribution in [0.1, 0.15) is 30.0 Å². The zero-order valence-corrected chi connectivity index (χ0v) is 11.2. The minimum absolute atomic E-state index is 0.0903. The van der Waals surface area contributed by atoms with Gasteiger partial charge in [0.25, 0.3) is 0 Å². The zero-order valence-electron chi connectivity index (χ0n) is 10.4. The van der Waals surface area contributed by atoms with Crippen LogP contribution < -0.4 is 5.73 Å². The SMILES string of the molecule is CCC(N)c1nnc(-c2cccc(C(F)(F)F)c2F)s1. The largest absolute Gasteiger partial charge is 0.419 e. The van der Waals surface area contributed by atoms with E-state index in [9.17, 15) is 17.6 Å². The first-order valence-electron chi connectivity index (χ1n) is 5.79. The molecule has 0 saturated heterocycles. The molecule has 3 nitrogen and oxygen atoms in total. The average Bonchev–Trinajstić information content (AvgIpc) is 2.86. The van der Waals surface area contributed by atoms with Crippen LogP contribution in [0.2, 0.25) is 0 Å². The smallest absolute Gasteiger partial charge is 0.322 e. The van der Waals surface area contributed by atoms with Crippen LogP contribution in [0, 0.1) is 5.82 Å². The predicted octanol–water partition coefficient (Wildman–Crippen LogP) is 3.77. The lowest BCUT2D eigenvalue weighted by molar-refractivity contribution is -0.139. The van der Waals surface area contributed by atoms with Gasteiger partial charge < -0.3 is 5.73 Å². The van der Waals surface area contributed by atoms with Crippen LogP contribution in [0.25, 0.3) is 10.6 Å². The summed E-state index contributed by atoms with van der Waals surface area (Å²) in [5.74, 6) is -1.34. The maximum Gasteiger partial charge on any atom is 0.419 e. The first kappa shape index (κ1) is 14.9. The van der Waals surface area contributed by atoms with Crippen molar-refractivity contribution in [1.82, 2.24) is 10.2 Å². The van der Waals surface area contributed by atoms with Crippen LogP contribution in [-0.2, 0) is 6.18 Å². The Bertz CT molecular complexity index is 609. The van der Waals surface area contributed by atoms with Crippen molar-refractivity contribution >= 4 is 11.3 Å². The van der Waals surface area contributed by atoms with Crippen LogP contribution in [0.3, 0.4) is 0 Å². The molecule has 108 valence electrons. The number of hydrogen-bond acceptors (Lipinski definition) is 4. The van der Waals surface area contributed by atoms with Crippen LogP contribution in [-0.4, -0.2) is 10.2 Å². The molecule has 2 aromatic rings. The van der Waals surface area contributed by atoms with Gasteiger partial charge in [-0.15, -0.1) is 10.2 Å². The number of aromatic nitrogens is 2. The molecule has 0 aliphatic heterocycles. The molecule has 1 aromatic heterocycles. The lowest BCUT2D eigenvalue weighted by Crippen LogP contribution is -2.08. The van der Waals surface area contributed by atoms with E-state index in [1.54, 1.807) is 0 Å². The highest BCUT2D eigenvalue weighted by molar-refractivity contribution is 7.14. The predicted molar refractivity (Wildman–Crippen MR) is 67.5 cm³/mol. The highest BCUT2D eigenvalue weighted by Crippen LogP contribution is 2.36. The van der Waals surface area contributed by atoms with Crippen molar-refractivity contribution in [3.63, 3.8) is 0 Å². The van der Waals surface area contributed by atoms with Gasteiger partial charge in [0.05, 0.1) is 11.6 Å². The Kier molecular flexibility index (Phi) is 4.05. The third-order valence-electron chi connectivity index (χ3n) is 2.73. The van der Waals surface area contributed by atoms with Gasteiger partial charge in [-0.2, -0.15) is 13.2 Å². The molecule has 0 amide bonds. The van der Waals surface area contributed by atoms with Crippen molar-refractivity contribution < 1.29 is 17.6 Å². The van der Waals surface area contributed by atoms with Gasteiger partial charge in [0.2, 0.25) is 0 Å². The minimum atomic E-state index is -4.74. The van der Waals surface area contributed by atoms with Crippen LogP contribution in [0.4, 0.5) is 17.6 Å². The van der Waals surface area contributed by atoms with E-state index < -0.39 is 17.6 Å². The minimum Gasteiger partial charge on any atom is -0.322 e. The number of nitrogens with two attached hydrogens (primary N) is 1. The molecule has 0 radical (unpaired) electrons. The fourth-order valence-electron chi connectivity index (χ4n) is 1.58. The highest BCUT2D eigenvalue weighted by Gasteiger charge is 2.35. The normalized spacial score (nSPS) is 13.5. The van der Waals surface area contributed by atoms with Gasteiger partial charge in [-0.3, -0.25) is 0 Å². The maximum atomic E-state index is 13.9. The van der Waals surface area contributed by atoms with Gasteiger partial charge in [0.1, 0.15) is 10.8 Å². The molecule has 1 unspecified atom stereocenters. The van der Waals surface area contributed by atoms with E-state index in [2.05, 4.69) is 10.2 Å². The molecule has 2 N–H and O–H groups in total. The fourth-order valence-corrected chi connectivity index (χ4v) is 2.53. The van der Waals surface area contributed by atoms with E-state index in [1.807, 2.05) is 6.92 Å². The first-order chi connectivity index (χ1) is 9.34. The number of halogens is 4. The van der Waals surface area contributed by atoms with E-state index in [0.717, 1.165) is 17.4 Å². The van der Waals surface area contributed by atoms with Gasteiger partial charge >= 0.3 is 6.18 Å². The summed E-state index contributed by atoms with van der Waals surface area (Å²) in [6.07, 6.45) is -4.13. The molecule has 2 rings (SSSR count). The van der Waals surface area contributed by atoms with Crippen LogP contribution in [0.5, 0.6) is 0 Å². The van der Waals surface area contributed by atoms with Gasteiger partial charge in [-0.25, -0.2) is 4.39 Å². The van der Waals surface area contributed by atoms with Crippen molar-refractivity contribution in [2.45, 2.75) is 25.6 Å². The van der Waals surface area contributed by atoms with Gasteiger partial charge in [-0.05, 0) is 18.6 Å². The molecular weight excluding hydrogens is 294 g/mol. The topological polar surface area (TPSA) is 51.8 Å². The summed E-state index contributed by atoms with van der Waals surface area (Å²) in [6.45, 7) is 1.84. The summed E-state index contributed by atoms with van der Waals surface area (Å²) in [4.78, 5) is 0. The number of nitrogens with zero attached hydrogens (tertiary/aromatic N) is 2. The molecular formula is C12H11F4N3S. The van der Waals surface area contributed by atoms with Crippen molar-refractivity contribution in [1.29, 1.82) is 0 Å². The van der Waals surface area contributed by atoms with Gasteiger partial charge in [0, 0.05) is 5.56 Å². The summed E-state index contributed by atoms with van der Waals surface area (Å²) in [7, 11) is 0. The molecule has 20 heavy (non-hydrogen) atoms. The third kappa shape index (κ3) is 2.80. The number of alkyl halides is 3. The lowest BCUT2D eigenvalue weighted by Gasteiger charge is -2.09. The molecule has 0 aliphatic rings. The second-order valence-corrected chi connectivity index (χ2v) is 5.13. The highest BCUT2D eigenvalue weighted by atomic mass is 32.1. The van der Waals surface area contributed by atoms with Gasteiger partial charge in [-0.1, -0.05) is 24.3 Å². The molecule has 0 spiro atoms. The summed E-state index contributed by atoms with van der Waals surface area (Å²) < 4.78 is 51.9. The monoisotopic (exact) mass is 305 g/mol. The Hall–Kier alpha value is -1.54. The average molecular weight is 305 g/mol. The Labute approximate surface area is 116 Å². The Morgan fingerprint density at radius 1 is 1.30 bits per heavy atom. The number of rotatable bonds is 3. The molecule has 0 bridgehead atoms. The molecule has 1 aromatic carbocycles. The molecule has 1 atom stereocenters. The van der Waals surface area contributed by atoms with Crippen LogP contribution in [0.15, 0.2) is 18.2 Å². The summed E-state index contributed by atoms with van der Waals surface area (Å²) in [5.41, 5.74) is 4.23. The zero-order chi connectivity index (χ0) is 14.9. The van der Waals surface area contributed by atoms with E-state index >= 15 is 0 Å². The Morgan fingerprint density at radius 3 is 2.60 bits per heavy atom. The Morgan fingerprint density at radius 2 is 2.00 bits per heavy atom. The second-order valence-electron chi connectivity index (χ2n) is 4.13. The maximum absolute atomic E-state index is 13.9. The van der Waals surface area contributed by atoms with Crippen LogP contribution >= 0.6 is 11.3 Å². The van der Waals surface area contributed by atoms with Crippen molar-refractivity contribution in [3.8, 4) is 10.6 Å². The van der Waals surface area contributed by atoms with Crippen molar-refractivity contribution in [3.05, 3.63) is 34.6 Å². The van der Waals surface area contributed by atoms with E-state index in [-0.39, 0.29) is 16.6 Å². The van der Waals surface area contributed by atoms with Crippen molar-refractivity contribution in [2.75, 3.05) is 0 Å². The second kappa shape index (κ2) is 5.45. The first-order valence-corrected chi connectivity index (χ1v) is 6.61. The lowest BCUT2D eigenvalue weighted by atomic mass is 10.1. The van der Waals surface area contributed by atoms with Gasteiger partial charge in [0.15, 0.2) is 5.01 Å². The summed E-state index contributed by atoms with van der Waals surface area (Å²) >= 11 is 0.998. The quantitative estimate of drug-likeness (QED) is 0.878. The molecule has 8 heteroatoms. The number of hydrogen-bond donors (Lipinski definition) is 1. The summed E-state index contributed by atoms with van der Waals surface area (Å²) in [6, 6.07) is 2.72. The molecule has 0 aliphatic carbocycles. The van der Waals surface area contributed by atoms with E-state index in [4.69, 9.17) is 5.73 Å². The molecule has 1 heterocycles. The molecule has 0 fully saturated rings. The summed E-state index contributed by atoms with van der Waals surface area (Å²) in [5, 5.41) is 8.07. The molecule has 0 saturated carbocycles. The van der Waals surface area contributed by atoms with E-state index in [0.29, 0.717) is 17.5 Å². The third-order valence-corrected chi connectivity index (χ3v) is 3.82. The number of benzene rings is 1. The Balaban J connectivity index is 2.46. The fraction of sp³-hybridized carbons (Fsp3) is 0.333.